The van der Waals surface area contributed by atoms with E-state index in [2.05, 4.69) is 0 Å². The van der Waals surface area contributed by atoms with E-state index in [9.17, 15) is 27.2 Å². The molecule has 1 N–H and O–H groups in total. The molecule has 0 spiro atoms. The third-order valence-electron chi connectivity index (χ3n) is 3.88. The van der Waals surface area contributed by atoms with Crippen molar-refractivity contribution in [2.45, 2.75) is 25.4 Å². The summed E-state index contributed by atoms with van der Waals surface area (Å²) in [5.41, 5.74) is 0.644. The standard InChI is InChI=1S/C16H18F4N2O2/c17-13-5-3-11(4-6-13)8-14(23)22-7-1-2-12(9-22)15(24)21-10-16(18,19)20/h3-6,12H,1-2,7-10H2,(H,21,24). The number of nitrogens with zero attached hydrogens (tertiary/aromatic N) is 1. The number of nitrogens with one attached hydrogen (secondary N) is 1. The molecule has 1 heterocycles. The fourth-order valence-electron chi connectivity index (χ4n) is 2.64. The van der Waals surface area contributed by atoms with Crippen molar-refractivity contribution in [1.82, 2.24) is 10.2 Å². The average Bonchev–Trinajstić information content (AvgIpc) is 2.54. The van der Waals surface area contributed by atoms with E-state index in [1.54, 1.807) is 0 Å². The predicted molar refractivity (Wildman–Crippen MR) is 78.5 cm³/mol. The molecule has 2 amide bonds. The van der Waals surface area contributed by atoms with Gasteiger partial charge >= 0.3 is 6.18 Å². The maximum atomic E-state index is 12.9. The summed E-state index contributed by atoms with van der Waals surface area (Å²) in [4.78, 5) is 25.6. The molecule has 24 heavy (non-hydrogen) atoms. The summed E-state index contributed by atoms with van der Waals surface area (Å²) < 4.78 is 49.3. The van der Waals surface area contributed by atoms with Crippen LogP contribution in [0.15, 0.2) is 24.3 Å². The van der Waals surface area contributed by atoms with E-state index in [-0.39, 0.29) is 18.9 Å². The summed E-state index contributed by atoms with van der Waals surface area (Å²) in [5, 5.41) is 1.86. The van der Waals surface area contributed by atoms with Gasteiger partial charge in [0.1, 0.15) is 12.4 Å². The molecule has 0 radical (unpaired) electrons. The van der Waals surface area contributed by atoms with Crippen LogP contribution in [0.1, 0.15) is 18.4 Å². The van der Waals surface area contributed by atoms with Gasteiger partial charge in [-0.3, -0.25) is 9.59 Å². The summed E-state index contributed by atoms with van der Waals surface area (Å²) in [6.45, 7) is -0.807. The first-order valence-electron chi connectivity index (χ1n) is 7.61. The van der Waals surface area contributed by atoms with E-state index >= 15 is 0 Å². The van der Waals surface area contributed by atoms with Gasteiger partial charge < -0.3 is 10.2 Å². The van der Waals surface area contributed by atoms with E-state index < -0.39 is 30.4 Å². The zero-order chi connectivity index (χ0) is 17.7. The van der Waals surface area contributed by atoms with E-state index in [0.29, 0.717) is 24.9 Å². The lowest BCUT2D eigenvalue weighted by atomic mass is 9.96. The lowest BCUT2D eigenvalue weighted by Gasteiger charge is -2.32. The minimum absolute atomic E-state index is 0.0666. The number of amides is 2. The van der Waals surface area contributed by atoms with Gasteiger partial charge in [0.05, 0.1) is 12.3 Å². The van der Waals surface area contributed by atoms with Crippen LogP contribution in [0.25, 0.3) is 0 Å². The molecule has 1 saturated heterocycles. The highest BCUT2D eigenvalue weighted by Gasteiger charge is 2.32. The number of likely N-dealkylation sites (tertiary alicyclic amines) is 1. The van der Waals surface area contributed by atoms with Gasteiger partial charge in [0.2, 0.25) is 11.8 Å². The largest absolute Gasteiger partial charge is 0.405 e. The van der Waals surface area contributed by atoms with Gasteiger partial charge in [0, 0.05) is 13.1 Å². The zero-order valence-electron chi connectivity index (χ0n) is 12.9. The first kappa shape index (κ1) is 18.2. The van der Waals surface area contributed by atoms with Crippen LogP contribution >= 0.6 is 0 Å². The van der Waals surface area contributed by atoms with E-state index in [0.717, 1.165) is 0 Å². The molecule has 2 rings (SSSR count). The molecule has 4 nitrogen and oxygen atoms in total. The first-order chi connectivity index (χ1) is 11.2. The fourth-order valence-corrected chi connectivity index (χ4v) is 2.64. The second kappa shape index (κ2) is 7.63. The SMILES string of the molecule is O=C(NCC(F)(F)F)C1CCCN(C(=O)Cc2ccc(F)cc2)C1. The van der Waals surface area contributed by atoms with E-state index in [1.807, 2.05) is 5.32 Å². The average molecular weight is 346 g/mol. The topological polar surface area (TPSA) is 49.4 Å². The summed E-state index contributed by atoms with van der Waals surface area (Å²) >= 11 is 0. The Morgan fingerprint density at radius 3 is 2.50 bits per heavy atom. The van der Waals surface area contributed by atoms with Crippen molar-refractivity contribution in [2.24, 2.45) is 5.92 Å². The first-order valence-corrected chi connectivity index (χ1v) is 7.61. The molecule has 1 aromatic rings. The van der Waals surface area contributed by atoms with Crippen molar-refractivity contribution in [3.05, 3.63) is 35.6 Å². The van der Waals surface area contributed by atoms with Gasteiger partial charge in [0.25, 0.3) is 0 Å². The van der Waals surface area contributed by atoms with Gasteiger partial charge in [0.15, 0.2) is 0 Å². The van der Waals surface area contributed by atoms with Crippen LogP contribution in [-0.4, -0.2) is 42.5 Å². The Bertz CT molecular complexity index is 587. The Labute approximate surface area is 136 Å². The smallest absolute Gasteiger partial charge is 0.347 e. The summed E-state index contributed by atoms with van der Waals surface area (Å²) in [7, 11) is 0. The second-order valence-electron chi connectivity index (χ2n) is 5.82. The number of carbonyl (C=O) groups excluding carboxylic acids is 2. The molecule has 0 saturated carbocycles. The fraction of sp³-hybridized carbons (Fsp3) is 0.500. The molecule has 0 bridgehead atoms. The molecule has 1 fully saturated rings. The number of benzene rings is 1. The molecular weight excluding hydrogens is 328 g/mol. The molecule has 1 atom stereocenters. The zero-order valence-corrected chi connectivity index (χ0v) is 12.9. The minimum atomic E-state index is -4.46. The highest BCUT2D eigenvalue weighted by Crippen LogP contribution is 2.19. The van der Waals surface area contributed by atoms with Crippen LogP contribution in [0.3, 0.4) is 0 Å². The Kier molecular flexibility index (Phi) is 5.80. The summed E-state index contributed by atoms with van der Waals surface area (Å²) in [6, 6.07) is 5.52. The van der Waals surface area contributed by atoms with Crippen molar-refractivity contribution in [2.75, 3.05) is 19.6 Å². The van der Waals surface area contributed by atoms with Crippen molar-refractivity contribution in [3.63, 3.8) is 0 Å². The summed E-state index contributed by atoms with van der Waals surface area (Å²) in [6.07, 6.45) is -3.39. The molecule has 0 aromatic heterocycles. The second-order valence-corrected chi connectivity index (χ2v) is 5.82. The maximum Gasteiger partial charge on any atom is 0.405 e. The van der Waals surface area contributed by atoms with Gasteiger partial charge in [-0.05, 0) is 30.5 Å². The van der Waals surface area contributed by atoms with Crippen LogP contribution in [0, 0.1) is 11.7 Å². The molecular formula is C16H18F4N2O2. The van der Waals surface area contributed by atoms with Gasteiger partial charge in [-0.1, -0.05) is 12.1 Å². The van der Waals surface area contributed by atoms with Crippen molar-refractivity contribution in [1.29, 1.82) is 0 Å². The maximum absolute atomic E-state index is 12.9. The third kappa shape index (κ3) is 5.50. The van der Waals surface area contributed by atoms with Crippen molar-refractivity contribution >= 4 is 11.8 Å². The molecule has 132 valence electrons. The van der Waals surface area contributed by atoms with Gasteiger partial charge in [-0.2, -0.15) is 13.2 Å². The number of carbonyl (C=O) groups is 2. The molecule has 1 aliphatic rings. The minimum Gasteiger partial charge on any atom is -0.347 e. The van der Waals surface area contributed by atoms with E-state index in [1.165, 1.54) is 29.2 Å². The normalized spacial score (nSPS) is 18.3. The highest BCUT2D eigenvalue weighted by molar-refractivity contribution is 5.82. The number of halogens is 4. The molecule has 1 aliphatic heterocycles. The predicted octanol–water partition coefficient (Wildman–Crippen LogP) is 2.29. The van der Waals surface area contributed by atoms with Crippen LogP contribution < -0.4 is 5.32 Å². The number of hydrogen-bond acceptors (Lipinski definition) is 2. The monoisotopic (exact) mass is 346 g/mol. The lowest BCUT2D eigenvalue weighted by Crippen LogP contribution is -2.47. The Morgan fingerprint density at radius 1 is 1.21 bits per heavy atom. The van der Waals surface area contributed by atoms with Gasteiger partial charge in [-0.25, -0.2) is 4.39 Å². The number of piperidine rings is 1. The van der Waals surface area contributed by atoms with Crippen LogP contribution in [0.4, 0.5) is 17.6 Å². The Hall–Kier alpha value is -2.12. The van der Waals surface area contributed by atoms with Crippen LogP contribution in [0.5, 0.6) is 0 Å². The third-order valence-corrected chi connectivity index (χ3v) is 3.88. The Balaban J connectivity index is 1.88. The number of hydrogen-bond donors (Lipinski definition) is 1. The molecule has 0 aliphatic carbocycles. The van der Waals surface area contributed by atoms with Gasteiger partial charge in [-0.15, -0.1) is 0 Å². The highest BCUT2D eigenvalue weighted by atomic mass is 19.4. The summed E-state index contributed by atoms with van der Waals surface area (Å²) in [5.74, 6) is -1.95. The lowest BCUT2D eigenvalue weighted by molar-refractivity contribution is -0.143. The molecule has 1 aromatic carbocycles. The van der Waals surface area contributed by atoms with Crippen LogP contribution in [0.2, 0.25) is 0 Å². The number of rotatable bonds is 4. The van der Waals surface area contributed by atoms with Crippen molar-refractivity contribution in [3.8, 4) is 0 Å². The number of alkyl halides is 3. The van der Waals surface area contributed by atoms with Crippen molar-refractivity contribution < 1.29 is 27.2 Å². The molecule has 8 heteroatoms. The molecule has 1 unspecified atom stereocenters. The van der Waals surface area contributed by atoms with E-state index in [4.69, 9.17) is 0 Å². The quantitative estimate of drug-likeness (QED) is 0.851. The Morgan fingerprint density at radius 2 is 1.88 bits per heavy atom. The van der Waals surface area contributed by atoms with Crippen LogP contribution in [-0.2, 0) is 16.0 Å².